The quantitative estimate of drug-likeness (QED) is 0.572. The van der Waals surface area contributed by atoms with Gasteiger partial charge in [0.2, 0.25) is 5.91 Å². The molecular weight excluding hydrogens is 262 g/mol. The smallest absolute Gasteiger partial charge is 0.254 e. The summed E-state index contributed by atoms with van der Waals surface area (Å²) in [6.45, 7) is 1.99. The zero-order valence-corrected chi connectivity index (χ0v) is 11.3. The van der Waals surface area contributed by atoms with E-state index in [0.717, 1.165) is 5.69 Å². The van der Waals surface area contributed by atoms with Crippen LogP contribution in [0, 0.1) is 10.1 Å². The summed E-state index contributed by atoms with van der Waals surface area (Å²) in [5.74, 6) is -0.325. The SMILES string of the molecule is CC1NNC(C(=O)N(C)Cc2ccccn2)C1[N+](=O)[O-]. The molecule has 0 aliphatic carbocycles. The molecule has 2 rings (SSSR count). The third kappa shape index (κ3) is 2.91. The summed E-state index contributed by atoms with van der Waals surface area (Å²) in [5.41, 5.74) is 6.18. The molecule has 0 aromatic carbocycles. The minimum absolute atomic E-state index is 0.316. The average molecular weight is 279 g/mol. The van der Waals surface area contributed by atoms with E-state index in [1.54, 1.807) is 32.3 Å². The predicted octanol–water partition coefficient (Wildman–Crippen LogP) is -0.450. The minimum atomic E-state index is -0.978. The van der Waals surface area contributed by atoms with E-state index in [9.17, 15) is 14.9 Å². The largest absolute Gasteiger partial charge is 0.338 e. The Kier molecular flexibility index (Phi) is 4.26. The lowest BCUT2D eigenvalue weighted by Crippen LogP contribution is -2.50. The van der Waals surface area contributed by atoms with Crippen molar-refractivity contribution in [3.8, 4) is 0 Å². The Morgan fingerprint density at radius 3 is 2.85 bits per heavy atom. The van der Waals surface area contributed by atoms with E-state index in [0.29, 0.717) is 6.54 Å². The molecule has 1 aliphatic rings. The second kappa shape index (κ2) is 5.93. The summed E-state index contributed by atoms with van der Waals surface area (Å²) >= 11 is 0. The number of hydrogen-bond acceptors (Lipinski definition) is 6. The molecule has 0 spiro atoms. The molecule has 8 nitrogen and oxygen atoms in total. The molecule has 2 N–H and O–H groups in total. The predicted molar refractivity (Wildman–Crippen MR) is 71.0 cm³/mol. The van der Waals surface area contributed by atoms with Crippen LogP contribution in [-0.4, -0.2) is 45.9 Å². The summed E-state index contributed by atoms with van der Waals surface area (Å²) in [4.78, 5) is 28.5. The number of hydrazine groups is 1. The number of pyridine rings is 1. The highest BCUT2D eigenvalue weighted by molar-refractivity contribution is 5.82. The Morgan fingerprint density at radius 2 is 2.25 bits per heavy atom. The summed E-state index contributed by atoms with van der Waals surface area (Å²) in [5, 5.41) is 11.1. The monoisotopic (exact) mass is 279 g/mol. The first-order valence-electron chi connectivity index (χ1n) is 6.30. The highest BCUT2D eigenvalue weighted by Crippen LogP contribution is 2.13. The number of aromatic nitrogens is 1. The number of nitro groups is 1. The second-order valence-electron chi connectivity index (χ2n) is 4.85. The van der Waals surface area contributed by atoms with Crippen LogP contribution >= 0.6 is 0 Å². The molecular formula is C12H17N5O3. The van der Waals surface area contributed by atoms with E-state index in [1.807, 2.05) is 6.07 Å². The average Bonchev–Trinajstić information content (AvgIpc) is 2.81. The molecule has 1 aromatic heterocycles. The van der Waals surface area contributed by atoms with Crippen molar-refractivity contribution in [1.82, 2.24) is 20.7 Å². The molecule has 2 heterocycles. The van der Waals surface area contributed by atoms with E-state index >= 15 is 0 Å². The maximum atomic E-state index is 12.3. The summed E-state index contributed by atoms with van der Waals surface area (Å²) in [6.07, 6.45) is 1.64. The van der Waals surface area contributed by atoms with Gasteiger partial charge in [0.25, 0.3) is 6.04 Å². The summed E-state index contributed by atoms with van der Waals surface area (Å²) in [7, 11) is 1.61. The van der Waals surface area contributed by atoms with E-state index < -0.39 is 23.0 Å². The van der Waals surface area contributed by atoms with Crippen LogP contribution in [0.3, 0.4) is 0 Å². The lowest BCUT2D eigenvalue weighted by Gasteiger charge is -2.21. The lowest BCUT2D eigenvalue weighted by atomic mass is 10.0. The molecule has 20 heavy (non-hydrogen) atoms. The van der Waals surface area contributed by atoms with Crippen molar-refractivity contribution < 1.29 is 9.72 Å². The zero-order chi connectivity index (χ0) is 14.7. The molecule has 8 heteroatoms. The molecule has 3 atom stereocenters. The lowest BCUT2D eigenvalue weighted by molar-refractivity contribution is -0.523. The van der Waals surface area contributed by atoms with Crippen LogP contribution in [0.4, 0.5) is 0 Å². The maximum Gasteiger partial charge on any atom is 0.254 e. The highest BCUT2D eigenvalue weighted by Gasteiger charge is 2.47. The Bertz CT molecular complexity index is 495. The Balaban J connectivity index is 2.05. The number of likely N-dealkylation sites (N-methyl/N-ethyl adjacent to an activating group) is 1. The molecule has 1 aromatic rings. The van der Waals surface area contributed by atoms with Crippen molar-refractivity contribution >= 4 is 5.91 Å². The standard InChI is InChI=1S/C12H17N5O3/c1-8-11(17(19)20)10(15-14-8)12(18)16(2)7-9-5-3-4-6-13-9/h3-6,8,10-11,14-15H,7H2,1-2H3. The number of rotatable bonds is 4. The van der Waals surface area contributed by atoms with Gasteiger partial charge in [-0.15, -0.1) is 0 Å². The fraction of sp³-hybridized carbons (Fsp3) is 0.500. The third-order valence-electron chi connectivity index (χ3n) is 3.33. The minimum Gasteiger partial charge on any atom is -0.338 e. The van der Waals surface area contributed by atoms with Gasteiger partial charge in [0.1, 0.15) is 0 Å². The van der Waals surface area contributed by atoms with Crippen molar-refractivity contribution in [3.63, 3.8) is 0 Å². The zero-order valence-electron chi connectivity index (χ0n) is 11.3. The van der Waals surface area contributed by atoms with E-state index in [-0.39, 0.29) is 5.91 Å². The normalized spacial score (nSPS) is 25.4. The van der Waals surface area contributed by atoms with E-state index in [4.69, 9.17) is 0 Å². The molecule has 1 fully saturated rings. The number of hydrogen-bond donors (Lipinski definition) is 2. The van der Waals surface area contributed by atoms with Crippen molar-refractivity contribution in [1.29, 1.82) is 0 Å². The Morgan fingerprint density at radius 1 is 1.50 bits per heavy atom. The molecule has 0 radical (unpaired) electrons. The van der Waals surface area contributed by atoms with Gasteiger partial charge in [-0.2, -0.15) is 0 Å². The van der Waals surface area contributed by atoms with Gasteiger partial charge in [0, 0.05) is 18.2 Å². The van der Waals surface area contributed by atoms with Crippen LogP contribution in [0.5, 0.6) is 0 Å². The maximum absolute atomic E-state index is 12.3. The number of amides is 1. The Hall–Kier alpha value is -2.06. The fourth-order valence-corrected chi connectivity index (χ4v) is 2.24. The van der Waals surface area contributed by atoms with Gasteiger partial charge in [-0.25, -0.2) is 10.9 Å². The fourth-order valence-electron chi connectivity index (χ4n) is 2.24. The highest BCUT2D eigenvalue weighted by atomic mass is 16.6. The van der Waals surface area contributed by atoms with Crippen LogP contribution in [0.2, 0.25) is 0 Å². The molecule has 0 bridgehead atoms. The van der Waals surface area contributed by atoms with Crippen molar-refractivity contribution in [2.45, 2.75) is 31.6 Å². The van der Waals surface area contributed by atoms with Gasteiger partial charge in [-0.05, 0) is 19.1 Å². The second-order valence-corrected chi connectivity index (χ2v) is 4.85. The van der Waals surface area contributed by atoms with Gasteiger partial charge in [0.05, 0.1) is 18.3 Å². The van der Waals surface area contributed by atoms with Gasteiger partial charge < -0.3 is 4.90 Å². The number of carbonyl (C=O) groups is 1. The molecule has 1 saturated heterocycles. The van der Waals surface area contributed by atoms with Crippen LogP contribution in [0.1, 0.15) is 12.6 Å². The van der Waals surface area contributed by atoms with Crippen molar-refractivity contribution in [2.24, 2.45) is 0 Å². The Labute approximate surface area is 116 Å². The summed E-state index contributed by atoms with van der Waals surface area (Å²) < 4.78 is 0. The van der Waals surface area contributed by atoms with E-state index in [2.05, 4.69) is 15.8 Å². The third-order valence-corrected chi connectivity index (χ3v) is 3.33. The summed E-state index contributed by atoms with van der Waals surface area (Å²) in [6, 6.07) is 3.18. The van der Waals surface area contributed by atoms with Gasteiger partial charge >= 0.3 is 0 Å². The van der Waals surface area contributed by atoms with Gasteiger partial charge in [-0.3, -0.25) is 19.9 Å². The van der Waals surface area contributed by atoms with Gasteiger partial charge in [-0.1, -0.05) is 6.07 Å². The number of nitrogens with zero attached hydrogens (tertiary/aromatic N) is 3. The molecule has 3 unspecified atom stereocenters. The topological polar surface area (TPSA) is 100 Å². The first-order valence-corrected chi connectivity index (χ1v) is 6.30. The van der Waals surface area contributed by atoms with Crippen molar-refractivity contribution in [3.05, 3.63) is 40.2 Å². The van der Waals surface area contributed by atoms with Crippen LogP contribution in [0.15, 0.2) is 24.4 Å². The first-order chi connectivity index (χ1) is 9.50. The van der Waals surface area contributed by atoms with Gasteiger partial charge in [0.15, 0.2) is 6.04 Å². The van der Waals surface area contributed by atoms with E-state index in [1.165, 1.54) is 4.90 Å². The van der Waals surface area contributed by atoms with Crippen LogP contribution in [0.25, 0.3) is 0 Å². The molecule has 1 amide bonds. The number of nitrogens with one attached hydrogen (secondary N) is 2. The molecule has 0 saturated carbocycles. The van der Waals surface area contributed by atoms with Crippen molar-refractivity contribution in [2.75, 3.05) is 7.05 Å². The van der Waals surface area contributed by atoms with Crippen LogP contribution in [-0.2, 0) is 11.3 Å². The first kappa shape index (κ1) is 14.4. The number of carbonyl (C=O) groups excluding carboxylic acids is 1. The molecule has 1 aliphatic heterocycles. The van der Waals surface area contributed by atoms with Crippen LogP contribution < -0.4 is 10.9 Å². The molecule has 108 valence electrons.